The Bertz CT molecular complexity index is 854. The maximum atomic E-state index is 12.3. The minimum absolute atomic E-state index is 0. The van der Waals surface area contributed by atoms with E-state index in [4.69, 9.17) is 0 Å². The van der Waals surface area contributed by atoms with Crippen molar-refractivity contribution < 1.29 is 8.42 Å². The lowest BCUT2D eigenvalue weighted by Gasteiger charge is -2.22. The summed E-state index contributed by atoms with van der Waals surface area (Å²) in [6, 6.07) is 16.9. The van der Waals surface area contributed by atoms with Gasteiger partial charge >= 0.3 is 0 Å². The largest absolute Gasteiger partial charge is 0.356 e. The van der Waals surface area contributed by atoms with E-state index in [0.29, 0.717) is 17.9 Å². The second-order valence-electron chi connectivity index (χ2n) is 5.99. The van der Waals surface area contributed by atoms with Crippen LogP contribution in [0.2, 0.25) is 0 Å². The van der Waals surface area contributed by atoms with Gasteiger partial charge in [0.2, 0.25) is 0 Å². The molecule has 0 bridgehead atoms. The number of sulfone groups is 1. The molecule has 0 fully saturated rings. The molecule has 2 aromatic carbocycles. The van der Waals surface area contributed by atoms with Crippen molar-refractivity contribution in [2.75, 3.05) is 30.8 Å². The highest BCUT2D eigenvalue weighted by Crippen LogP contribution is 2.27. The second kappa shape index (κ2) is 9.36. The zero-order valence-corrected chi connectivity index (χ0v) is 17.9. The van der Waals surface area contributed by atoms with E-state index in [1.54, 1.807) is 31.3 Å². The van der Waals surface area contributed by atoms with Gasteiger partial charge in [-0.2, -0.15) is 0 Å². The number of fused-ring (bicyclic) bond motifs is 1. The third-order valence-corrected chi connectivity index (χ3v) is 6.15. The van der Waals surface area contributed by atoms with Crippen molar-refractivity contribution in [1.82, 2.24) is 5.32 Å². The number of anilines is 1. The van der Waals surface area contributed by atoms with Gasteiger partial charge in [-0.05, 0) is 36.6 Å². The van der Waals surface area contributed by atoms with E-state index in [-0.39, 0.29) is 29.7 Å². The standard InChI is InChI=1S/C19H23N3O2S.HI/c1-20-19(22-14-12-16-8-5-6-11-18(16)22)21-13-7-15-25(23,24)17-9-3-2-4-10-17;/h2-6,8-11H,7,12-15H2,1H3,(H,20,21);1H. The summed E-state index contributed by atoms with van der Waals surface area (Å²) in [4.78, 5) is 6.88. The Morgan fingerprint density at radius 2 is 1.81 bits per heavy atom. The Morgan fingerprint density at radius 3 is 2.54 bits per heavy atom. The molecule has 7 heteroatoms. The smallest absolute Gasteiger partial charge is 0.198 e. The molecule has 1 aliphatic rings. The Hall–Kier alpha value is -1.61. The van der Waals surface area contributed by atoms with Crippen LogP contribution < -0.4 is 10.2 Å². The first-order chi connectivity index (χ1) is 12.1. The molecule has 1 N–H and O–H groups in total. The van der Waals surface area contributed by atoms with Gasteiger partial charge in [0, 0.05) is 25.8 Å². The normalized spacial score (nSPS) is 13.9. The van der Waals surface area contributed by atoms with Crippen molar-refractivity contribution in [2.24, 2.45) is 4.99 Å². The highest BCUT2D eigenvalue weighted by molar-refractivity contribution is 14.0. The highest BCUT2D eigenvalue weighted by Gasteiger charge is 2.22. The third-order valence-electron chi connectivity index (χ3n) is 4.33. The third kappa shape index (κ3) is 4.76. The molecule has 0 amide bonds. The van der Waals surface area contributed by atoms with Gasteiger partial charge in [-0.25, -0.2) is 8.42 Å². The van der Waals surface area contributed by atoms with Gasteiger partial charge in [-0.15, -0.1) is 24.0 Å². The number of hydrogen-bond acceptors (Lipinski definition) is 3. The summed E-state index contributed by atoms with van der Waals surface area (Å²) in [6.45, 7) is 1.46. The van der Waals surface area contributed by atoms with E-state index in [1.807, 2.05) is 18.2 Å². The first kappa shape index (κ1) is 20.7. The fraction of sp³-hybridized carbons (Fsp3) is 0.316. The minimum atomic E-state index is -3.23. The number of benzene rings is 2. The molecule has 3 rings (SSSR count). The average molecular weight is 485 g/mol. The molecule has 2 aromatic rings. The summed E-state index contributed by atoms with van der Waals surface area (Å²) in [5.74, 6) is 0.916. The molecule has 1 heterocycles. The van der Waals surface area contributed by atoms with E-state index in [1.165, 1.54) is 11.3 Å². The molecule has 5 nitrogen and oxygen atoms in total. The van der Waals surface area contributed by atoms with Gasteiger partial charge in [-0.1, -0.05) is 36.4 Å². The minimum Gasteiger partial charge on any atom is -0.356 e. The summed E-state index contributed by atoms with van der Waals surface area (Å²) >= 11 is 0. The molecule has 1 aliphatic heterocycles. The number of guanidine groups is 1. The Labute approximate surface area is 172 Å². The lowest BCUT2D eigenvalue weighted by atomic mass is 10.2. The predicted octanol–water partition coefficient (Wildman–Crippen LogP) is 3.11. The van der Waals surface area contributed by atoms with Crippen LogP contribution in [-0.4, -0.2) is 40.3 Å². The lowest BCUT2D eigenvalue weighted by molar-refractivity contribution is 0.592. The van der Waals surface area contributed by atoms with E-state index in [0.717, 1.165) is 18.9 Å². The maximum absolute atomic E-state index is 12.3. The van der Waals surface area contributed by atoms with Crippen molar-refractivity contribution in [3.05, 3.63) is 60.2 Å². The number of hydrogen-bond donors (Lipinski definition) is 1. The average Bonchev–Trinajstić information content (AvgIpc) is 3.07. The van der Waals surface area contributed by atoms with E-state index in [2.05, 4.69) is 27.3 Å². The molecule has 0 radical (unpaired) electrons. The van der Waals surface area contributed by atoms with Gasteiger partial charge in [0.25, 0.3) is 0 Å². The first-order valence-corrected chi connectivity index (χ1v) is 10.1. The van der Waals surface area contributed by atoms with Crippen LogP contribution >= 0.6 is 24.0 Å². The number of nitrogens with one attached hydrogen (secondary N) is 1. The van der Waals surface area contributed by atoms with E-state index in [9.17, 15) is 8.42 Å². The SMILES string of the molecule is CN=C(NCCCS(=O)(=O)c1ccccc1)N1CCc2ccccc21.I. The van der Waals surface area contributed by atoms with Gasteiger partial charge < -0.3 is 10.2 Å². The van der Waals surface area contributed by atoms with Crippen LogP contribution in [0.3, 0.4) is 0 Å². The fourth-order valence-electron chi connectivity index (χ4n) is 3.06. The molecule has 0 aromatic heterocycles. The Balaban J connectivity index is 0.00000243. The van der Waals surface area contributed by atoms with E-state index >= 15 is 0 Å². The molecule has 0 saturated carbocycles. The molecule has 0 unspecified atom stereocenters. The number of rotatable bonds is 5. The molecule has 0 aliphatic carbocycles. The van der Waals surface area contributed by atoms with Crippen molar-refractivity contribution >= 4 is 45.5 Å². The summed E-state index contributed by atoms with van der Waals surface area (Å²) in [5.41, 5.74) is 2.49. The van der Waals surface area contributed by atoms with Gasteiger partial charge in [0.05, 0.1) is 10.6 Å². The summed E-state index contributed by atoms with van der Waals surface area (Å²) in [5, 5.41) is 3.29. The number of para-hydroxylation sites is 1. The predicted molar refractivity (Wildman–Crippen MR) is 117 cm³/mol. The Morgan fingerprint density at radius 1 is 1.12 bits per heavy atom. The Kier molecular flexibility index (Phi) is 7.45. The number of nitrogens with zero attached hydrogens (tertiary/aromatic N) is 2. The lowest BCUT2D eigenvalue weighted by Crippen LogP contribution is -2.41. The van der Waals surface area contributed by atoms with Crippen LogP contribution in [0, 0.1) is 0 Å². The van der Waals surface area contributed by atoms with Crippen LogP contribution in [0.15, 0.2) is 64.5 Å². The quantitative estimate of drug-likeness (QED) is 0.306. The second-order valence-corrected chi connectivity index (χ2v) is 8.10. The summed E-state index contributed by atoms with van der Waals surface area (Å²) < 4.78 is 24.6. The zero-order valence-electron chi connectivity index (χ0n) is 14.8. The summed E-state index contributed by atoms with van der Waals surface area (Å²) in [6.07, 6.45) is 1.53. The molecule has 0 spiro atoms. The van der Waals surface area contributed by atoms with Crippen molar-refractivity contribution in [1.29, 1.82) is 0 Å². The van der Waals surface area contributed by atoms with E-state index < -0.39 is 9.84 Å². The molecule has 0 atom stereocenters. The zero-order chi connectivity index (χ0) is 17.7. The molecule has 26 heavy (non-hydrogen) atoms. The fourth-order valence-corrected chi connectivity index (χ4v) is 4.39. The molecule has 0 saturated heterocycles. The van der Waals surface area contributed by atoms with Gasteiger partial charge in [0.15, 0.2) is 15.8 Å². The molecule has 140 valence electrons. The van der Waals surface area contributed by atoms with Crippen LogP contribution in [0.5, 0.6) is 0 Å². The molecular formula is C19H24IN3O2S. The van der Waals surface area contributed by atoms with Crippen molar-refractivity contribution in [3.8, 4) is 0 Å². The van der Waals surface area contributed by atoms with Crippen LogP contribution in [0.25, 0.3) is 0 Å². The summed E-state index contributed by atoms with van der Waals surface area (Å²) in [7, 11) is -1.47. The highest BCUT2D eigenvalue weighted by atomic mass is 127. The van der Waals surface area contributed by atoms with Crippen LogP contribution in [-0.2, 0) is 16.3 Å². The van der Waals surface area contributed by atoms with Crippen LogP contribution in [0.1, 0.15) is 12.0 Å². The van der Waals surface area contributed by atoms with Crippen LogP contribution in [0.4, 0.5) is 5.69 Å². The van der Waals surface area contributed by atoms with Crippen molar-refractivity contribution in [2.45, 2.75) is 17.7 Å². The van der Waals surface area contributed by atoms with Gasteiger partial charge in [0.1, 0.15) is 0 Å². The molecular weight excluding hydrogens is 461 g/mol. The van der Waals surface area contributed by atoms with Crippen molar-refractivity contribution in [3.63, 3.8) is 0 Å². The first-order valence-electron chi connectivity index (χ1n) is 8.46. The topological polar surface area (TPSA) is 61.8 Å². The maximum Gasteiger partial charge on any atom is 0.198 e. The number of aliphatic imine (C=N–C) groups is 1. The van der Waals surface area contributed by atoms with Gasteiger partial charge in [-0.3, -0.25) is 4.99 Å². The number of halogens is 1. The monoisotopic (exact) mass is 485 g/mol.